The molecular weight excluding hydrogens is 1230 g/mol. The number of nitrogens with two attached hydrogens (primary N) is 1. The average molecular weight is 1300 g/mol. The summed E-state index contributed by atoms with van der Waals surface area (Å²) < 4.78 is 44.1. The lowest BCUT2D eigenvalue weighted by Gasteiger charge is -2.34. The first-order chi connectivity index (χ1) is 42.5. The van der Waals surface area contributed by atoms with Crippen molar-refractivity contribution < 1.29 is 101 Å². The van der Waals surface area contributed by atoms with Crippen molar-refractivity contribution in [3.05, 3.63) is 84.1 Å². The number of carbonyl (C=O) groups excluding carboxylic acids is 8. The minimum absolute atomic E-state index is 0.0282. The van der Waals surface area contributed by atoms with Crippen molar-refractivity contribution in [3.63, 3.8) is 0 Å². The molecule has 3 saturated heterocycles. The smallest absolute Gasteiger partial charge is 0.446 e. The maximum Gasteiger partial charge on any atom is 0.446 e. The second-order valence-corrected chi connectivity index (χ2v) is 24.1. The standard InChI is InChI=1S/C56H69N11O21S2/c1-4-5-16-87-33-13-10-29(11-14-33)53-64-67-24-35(60-56(67)89-53)27-6-8-28(9-7-27)48(77)59-34-18-31(69)21-58-52(81)44-45(74)25(2)22-66(44)55(83)42(38(72)20-40(57)73)62-51(80)43(47(76)46(75)30-12-15-37(71)39(17-30)88-90(84,85)86)63-50(79)36-19-32(70)23-65(36)54(82)41(26(3)68)61-49(34)78/h6-15,17,24-26,31-32,34,36,38,41-47,68-72,74-76H,4-5,16,18-23H2,1-3H3,(H2,57,73)(H,58,81)(H,59,77)(H,61,78)(H,62,80)(H,63,79)(H,84,85,86)/t25-,26+,31+,32+,34-,36?,38+,41?,42?,43?,44?,45-,46-,47-/m0/s1. The Morgan fingerprint density at radius 1 is 0.822 bits per heavy atom. The van der Waals surface area contributed by atoms with E-state index in [0.717, 1.165) is 43.2 Å². The third-order valence-electron chi connectivity index (χ3n) is 15.3. The highest BCUT2D eigenvalue weighted by Crippen LogP contribution is 2.34. The van der Waals surface area contributed by atoms with Crippen molar-refractivity contribution in [3.8, 4) is 39.1 Å². The molecule has 32 nitrogen and oxygen atoms in total. The van der Waals surface area contributed by atoms with Crippen molar-refractivity contribution in [2.24, 2.45) is 11.7 Å². The van der Waals surface area contributed by atoms with Crippen LogP contribution in [0, 0.1) is 5.92 Å². The highest BCUT2D eigenvalue weighted by Gasteiger charge is 2.50. The van der Waals surface area contributed by atoms with Gasteiger partial charge in [0.25, 0.3) is 5.91 Å². The minimum Gasteiger partial charge on any atom is -0.504 e. The first-order valence-corrected chi connectivity index (χ1v) is 30.6. The molecule has 486 valence electrons. The molecule has 3 aliphatic heterocycles. The van der Waals surface area contributed by atoms with Crippen LogP contribution >= 0.6 is 11.3 Å². The van der Waals surface area contributed by atoms with Gasteiger partial charge in [0.05, 0.1) is 55.4 Å². The lowest BCUT2D eigenvalue weighted by atomic mass is 9.96. The largest absolute Gasteiger partial charge is 0.504 e. The number of benzene rings is 3. The molecule has 8 rings (SSSR count). The van der Waals surface area contributed by atoms with E-state index in [0.29, 0.717) is 43.7 Å². The molecule has 0 radical (unpaired) electrons. The predicted molar refractivity (Wildman–Crippen MR) is 312 cm³/mol. The third-order valence-corrected chi connectivity index (χ3v) is 16.7. The van der Waals surface area contributed by atoms with E-state index in [1.807, 2.05) is 24.3 Å². The zero-order chi connectivity index (χ0) is 65.6. The van der Waals surface area contributed by atoms with E-state index in [9.17, 15) is 92.2 Å². The van der Waals surface area contributed by atoms with Crippen LogP contribution in [-0.2, 0) is 44.0 Å². The summed E-state index contributed by atoms with van der Waals surface area (Å²) in [5.41, 5.74) is 6.66. The number of hydrogen-bond donors (Lipinski definition) is 15. The fraction of sp³-hybridized carbons (Fsp3) is 0.464. The summed E-state index contributed by atoms with van der Waals surface area (Å²) in [4.78, 5) is 120. The Balaban J connectivity index is 1.10. The van der Waals surface area contributed by atoms with Crippen LogP contribution in [0.25, 0.3) is 26.8 Å². The van der Waals surface area contributed by atoms with Gasteiger partial charge in [0.15, 0.2) is 11.5 Å². The number of nitrogens with zero attached hydrogens (tertiary/aromatic N) is 5. The van der Waals surface area contributed by atoms with Crippen LogP contribution in [0.1, 0.15) is 74.9 Å². The molecule has 16 N–H and O–H groups in total. The number of amides is 8. The molecular formula is C56H69N11O21S2. The Bertz CT molecular complexity index is 3560. The van der Waals surface area contributed by atoms with Crippen LogP contribution in [0.3, 0.4) is 0 Å². The SMILES string of the molecule is CCCCOc1ccc(-c2nn3cc(-c4ccc(C(=O)N[C@H]5C[C@@H](O)CNC(=O)C6[C@@H](O)[C@@H](C)CN6C(=O)C([C@H](O)CC(N)=O)NC(=O)C([C@H](O)[C@@H](O)c6ccc(O)c(OS(=O)(=O)O)c6)NC(=O)C6C[C@@H](O)CN6C(=O)C([C@@H](C)O)NC5=O)cc4)nc3s2)cc1. The van der Waals surface area contributed by atoms with Gasteiger partial charge >= 0.3 is 10.4 Å². The minimum atomic E-state index is -5.34. The molecule has 3 fully saturated rings. The van der Waals surface area contributed by atoms with Crippen LogP contribution in [0.2, 0.25) is 0 Å². The zero-order valence-electron chi connectivity index (χ0n) is 48.4. The second kappa shape index (κ2) is 28.6. The molecule has 5 aromatic rings. The van der Waals surface area contributed by atoms with E-state index in [4.69, 9.17) is 15.5 Å². The number of fused-ring (bicyclic) bond motifs is 3. The lowest BCUT2D eigenvalue weighted by molar-refractivity contribution is -0.148. The van der Waals surface area contributed by atoms with Gasteiger partial charge < -0.3 is 91.9 Å². The van der Waals surface area contributed by atoms with Crippen molar-refractivity contribution in [1.82, 2.24) is 51.0 Å². The molecule has 3 aliphatic rings. The Labute approximate surface area is 516 Å². The van der Waals surface area contributed by atoms with Gasteiger partial charge in [-0.05, 0) is 67.4 Å². The maximum atomic E-state index is 14.7. The number of aromatic hydroxyl groups is 1. The monoisotopic (exact) mass is 1300 g/mol. The van der Waals surface area contributed by atoms with Gasteiger partial charge in [-0.2, -0.15) is 13.5 Å². The van der Waals surface area contributed by atoms with Gasteiger partial charge in [-0.15, -0.1) is 0 Å². The van der Waals surface area contributed by atoms with Crippen molar-refractivity contribution in [2.75, 3.05) is 26.2 Å². The number of aliphatic hydroxyl groups excluding tert-OH is 7. The van der Waals surface area contributed by atoms with Crippen molar-refractivity contribution >= 4 is 74.0 Å². The highest BCUT2D eigenvalue weighted by molar-refractivity contribution is 7.81. The normalized spacial score (nSPS) is 25.5. The molecule has 8 amide bonds. The number of hydrogen-bond acceptors (Lipinski definition) is 23. The number of imidazole rings is 1. The fourth-order valence-electron chi connectivity index (χ4n) is 10.5. The van der Waals surface area contributed by atoms with Crippen molar-refractivity contribution in [1.29, 1.82) is 0 Å². The summed E-state index contributed by atoms with van der Waals surface area (Å²) in [6, 6.07) is 3.13. The predicted octanol–water partition coefficient (Wildman–Crippen LogP) is -3.49. The summed E-state index contributed by atoms with van der Waals surface area (Å²) in [5.74, 6) is -12.4. The quantitative estimate of drug-likeness (QED) is 0.0317. The van der Waals surface area contributed by atoms with Crippen LogP contribution in [-0.4, -0.2) is 225 Å². The van der Waals surface area contributed by atoms with Gasteiger partial charge in [-0.3, -0.25) is 42.9 Å². The Morgan fingerprint density at radius 3 is 2.12 bits per heavy atom. The van der Waals surface area contributed by atoms with Gasteiger partial charge in [0, 0.05) is 55.1 Å². The molecule has 5 heterocycles. The number of carbonyl (C=O) groups is 8. The third kappa shape index (κ3) is 15.9. The van der Waals surface area contributed by atoms with E-state index < -0.39 is 199 Å². The number of nitrogens with one attached hydrogen (secondary N) is 5. The summed E-state index contributed by atoms with van der Waals surface area (Å²) in [5, 5.41) is 107. The number of phenols is 1. The van der Waals surface area contributed by atoms with Crippen LogP contribution in [0.4, 0.5) is 0 Å². The molecule has 0 saturated carbocycles. The number of aromatic nitrogens is 3. The molecule has 0 bridgehead atoms. The van der Waals surface area contributed by atoms with Gasteiger partial charge in [0.1, 0.15) is 59.2 Å². The zero-order valence-corrected chi connectivity index (χ0v) is 50.1. The number of rotatable bonds is 17. The number of β-amino-alcohol motifs (C(OH)–C–C–N with tert-alkyl or cyclic N) is 1. The molecule has 3 aromatic carbocycles. The molecule has 34 heteroatoms. The molecule has 2 aromatic heterocycles. The van der Waals surface area contributed by atoms with E-state index in [-0.39, 0.29) is 5.56 Å². The average Bonchev–Trinajstić information content (AvgIpc) is 1.64. The Hall–Kier alpha value is -8.45. The molecule has 0 aliphatic carbocycles. The van der Waals surface area contributed by atoms with Gasteiger partial charge in [-0.1, -0.05) is 49.8 Å². The van der Waals surface area contributed by atoms with Crippen molar-refractivity contribution in [2.45, 2.75) is 132 Å². The van der Waals surface area contributed by atoms with E-state index in [1.165, 1.54) is 30.4 Å². The summed E-state index contributed by atoms with van der Waals surface area (Å²) in [6.07, 6.45) is -13.1. The number of aliphatic hydroxyl groups is 7. The van der Waals surface area contributed by atoms with E-state index in [1.54, 1.807) is 22.8 Å². The molecule has 5 unspecified atom stereocenters. The summed E-state index contributed by atoms with van der Waals surface area (Å²) in [7, 11) is -5.34. The van der Waals surface area contributed by atoms with E-state index >= 15 is 0 Å². The molecule has 0 spiro atoms. The summed E-state index contributed by atoms with van der Waals surface area (Å²) >= 11 is 1.34. The van der Waals surface area contributed by atoms with Gasteiger partial charge in [-0.25, -0.2) is 9.50 Å². The maximum absolute atomic E-state index is 14.7. The topological polar surface area (TPSA) is 494 Å². The van der Waals surface area contributed by atoms with Crippen LogP contribution in [0.15, 0.2) is 72.9 Å². The van der Waals surface area contributed by atoms with Gasteiger partial charge in [0.2, 0.25) is 46.3 Å². The van der Waals surface area contributed by atoms with Crippen LogP contribution in [0.5, 0.6) is 17.2 Å². The second-order valence-electron chi connectivity index (χ2n) is 22.1. The van der Waals surface area contributed by atoms with Crippen LogP contribution < -0.4 is 41.2 Å². The first-order valence-electron chi connectivity index (χ1n) is 28.4. The first kappa shape index (κ1) is 67.5. The summed E-state index contributed by atoms with van der Waals surface area (Å²) in [6.45, 7) is 3.22. The highest BCUT2D eigenvalue weighted by atomic mass is 32.3. The Morgan fingerprint density at radius 2 is 1.48 bits per heavy atom. The number of unbranched alkanes of at least 4 members (excludes halogenated alkanes) is 1. The Kier molecular flexibility index (Phi) is 21.4. The number of primary amides is 1. The number of phenolic OH excluding ortho intramolecular Hbond substituents is 1. The fourth-order valence-corrected chi connectivity index (χ4v) is 11.8. The van der Waals surface area contributed by atoms with E-state index in [2.05, 4.69) is 42.8 Å². The number of ether oxygens (including phenoxy) is 1. The lowest BCUT2D eigenvalue weighted by Crippen LogP contribution is -2.64. The molecule has 90 heavy (non-hydrogen) atoms. The molecule has 14 atom stereocenters.